The highest BCUT2D eigenvalue weighted by Crippen LogP contribution is 2.37. The summed E-state index contributed by atoms with van der Waals surface area (Å²) in [6, 6.07) is 28.8. The van der Waals surface area contributed by atoms with Crippen molar-refractivity contribution in [1.82, 2.24) is 14.1 Å². The third-order valence-electron chi connectivity index (χ3n) is 10.2. The van der Waals surface area contributed by atoms with Gasteiger partial charge in [-0.15, -0.1) is 0 Å². The lowest BCUT2D eigenvalue weighted by Crippen LogP contribution is -2.31. The van der Waals surface area contributed by atoms with Crippen LogP contribution in [0.1, 0.15) is 43.2 Å². The second kappa shape index (κ2) is 13.8. The van der Waals surface area contributed by atoms with Gasteiger partial charge in [-0.05, 0) is 101 Å². The van der Waals surface area contributed by atoms with Crippen LogP contribution in [0.25, 0.3) is 72.3 Å². The Balaban J connectivity index is 1.07. The predicted molar refractivity (Wildman–Crippen MR) is 230 cm³/mol. The molecule has 1 aliphatic carbocycles. The molecule has 10 aromatic rings. The van der Waals surface area contributed by atoms with Gasteiger partial charge >= 0.3 is 0 Å². The summed E-state index contributed by atoms with van der Waals surface area (Å²) in [5, 5.41) is 1.82. The van der Waals surface area contributed by atoms with Crippen LogP contribution in [-0.4, -0.2) is 14.1 Å². The number of aromatic nitrogens is 4. The number of hydrogen-bond acceptors (Lipinski definition) is 2. The van der Waals surface area contributed by atoms with E-state index in [1.165, 1.54) is 6.20 Å². The van der Waals surface area contributed by atoms with Gasteiger partial charge in [0.15, 0.2) is 0 Å². The number of ether oxygens (including phenoxy) is 1. The van der Waals surface area contributed by atoms with E-state index in [9.17, 15) is 0 Å². The smallest absolute Gasteiger partial charge is 0.269 e. The van der Waals surface area contributed by atoms with Crippen molar-refractivity contribution in [3.8, 4) is 50.9 Å². The summed E-state index contributed by atoms with van der Waals surface area (Å²) in [5.41, 5.74) is 3.86. The minimum absolute atomic E-state index is 0.0379. The Morgan fingerprint density at radius 3 is 2.07 bits per heavy atom. The lowest BCUT2D eigenvalue weighted by atomic mass is 9.93. The number of nitrogens with zero attached hydrogens (tertiary/aromatic N) is 4. The Bertz CT molecular complexity index is 3760. The third-order valence-corrected chi connectivity index (χ3v) is 10.2. The highest BCUT2D eigenvalue weighted by molar-refractivity contribution is 6.09. The van der Waals surface area contributed by atoms with E-state index in [1.807, 2.05) is 65.2 Å². The standard InChI is InChI=1S/C52H38N4O/c1-3-15-36(16-4-1)43-24-14-25-44(37-17-5-2-6-18-37)52(43)55-35-54(48-27-11-12-28-49(48)55)40-21-13-22-41(32-40)57-42-29-30-46-45-23-9-10-26-47(45)56(50(46)33-42)51-31-38-19-7-8-20-39(38)34-53-51/h1-6,9-18,21-34H,7-8,19-20H2/i1D,2D,3D,4D,5D,6D,15D,16D,17D,18D,19D2,20D2. The molecule has 0 bridgehead atoms. The van der Waals surface area contributed by atoms with Gasteiger partial charge in [0.1, 0.15) is 17.3 Å². The molecular formula is C52H38N4O. The molecule has 3 aromatic heterocycles. The Kier molecular flexibility index (Phi) is 5.27. The summed E-state index contributed by atoms with van der Waals surface area (Å²) in [6.07, 6.45) is 1.47. The number of para-hydroxylation sites is 4. The first-order valence-corrected chi connectivity index (χ1v) is 18.4. The summed E-state index contributed by atoms with van der Waals surface area (Å²) < 4.78 is 133. The van der Waals surface area contributed by atoms with E-state index < -0.39 is 73.2 Å². The molecule has 11 rings (SSSR count). The fourth-order valence-corrected chi connectivity index (χ4v) is 7.71. The van der Waals surface area contributed by atoms with Gasteiger partial charge in [0.25, 0.3) is 6.33 Å². The van der Waals surface area contributed by atoms with Crippen LogP contribution in [0, 0.1) is 6.33 Å². The van der Waals surface area contributed by atoms with Gasteiger partial charge < -0.3 is 4.74 Å². The van der Waals surface area contributed by atoms with Crippen LogP contribution in [0.4, 0.5) is 0 Å². The molecule has 5 heteroatoms. The quantitative estimate of drug-likeness (QED) is 0.120. The monoisotopic (exact) mass is 748 g/mol. The van der Waals surface area contributed by atoms with Gasteiger partial charge in [-0.2, -0.15) is 0 Å². The van der Waals surface area contributed by atoms with E-state index in [0.717, 1.165) is 21.8 Å². The summed E-state index contributed by atoms with van der Waals surface area (Å²) in [5.74, 6) is 1.33. The zero-order valence-electron chi connectivity index (χ0n) is 44.2. The molecule has 0 amide bonds. The topological polar surface area (TPSA) is 35.9 Å². The fourth-order valence-electron chi connectivity index (χ4n) is 7.71. The number of fused-ring (bicyclic) bond motifs is 5. The lowest BCUT2D eigenvalue weighted by Gasteiger charge is -2.17. The van der Waals surface area contributed by atoms with Crippen molar-refractivity contribution in [3.05, 3.63) is 199 Å². The van der Waals surface area contributed by atoms with E-state index in [1.54, 1.807) is 63.7 Å². The second-order valence-corrected chi connectivity index (χ2v) is 13.5. The minimum Gasteiger partial charge on any atom is -0.458 e. The number of rotatable bonds is 7. The third kappa shape index (κ3) is 5.78. The van der Waals surface area contributed by atoms with Crippen molar-refractivity contribution in [3.63, 3.8) is 0 Å². The van der Waals surface area contributed by atoms with Crippen LogP contribution in [0.15, 0.2) is 182 Å². The Morgan fingerprint density at radius 2 is 1.28 bits per heavy atom. The van der Waals surface area contributed by atoms with Gasteiger partial charge in [-0.1, -0.05) is 127 Å². The molecule has 0 spiro atoms. The molecule has 57 heavy (non-hydrogen) atoms. The van der Waals surface area contributed by atoms with Crippen molar-refractivity contribution in [2.24, 2.45) is 0 Å². The van der Waals surface area contributed by atoms with E-state index in [-0.39, 0.29) is 51.9 Å². The van der Waals surface area contributed by atoms with Crippen LogP contribution >= 0.6 is 0 Å². The Hall–Kier alpha value is -7.24. The summed E-state index contributed by atoms with van der Waals surface area (Å²) in [7, 11) is 0. The molecule has 1 aliphatic rings. The molecule has 5 nitrogen and oxygen atoms in total. The molecule has 0 atom stereocenters. The van der Waals surface area contributed by atoms with Crippen LogP contribution in [-0.2, 0) is 12.7 Å². The maximum atomic E-state index is 9.00. The van der Waals surface area contributed by atoms with Gasteiger partial charge in [0.05, 0.1) is 47.1 Å². The van der Waals surface area contributed by atoms with E-state index in [4.69, 9.17) is 28.9 Å². The average Bonchev–Trinajstić information content (AvgIpc) is 3.91. The zero-order chi connectivity index (χ0) is 50.0. The largest absolute Gasteiger partial charge is 0.458 e. The normalized spacial score (nSPS) is 17.9. The maximum absolute atomic E-state index is 9.00. The summed E-state index contributed by atoms with van der Waals surface area (Å²) in [4.78, 5) is 4.71. The number of imidazole rings is 1. The highest BCUT2D eigenvalue weighted by atomic mass is 16.5. The first-order chi connectivity index (χ1) is 33.9. The first-order valence-electron chi connectivity index (χ1n) is 25.4. The van der Waals surface area contributed by atoms with Crippen LogP contribution < -0.4 is 9.30 Å². The van der Waals surface area contributed by atoms with Crippen molar-refractivity contribution in [1.29, 1.82) is 0 Å². The van der Waals surface area contributed by atoms with E-state index in [0.29, 0.717) is 34.0 Å². The molecule has 0 radical (unpaired) electrons. The second-order valence-electron chi connectivity index (χ2n) is 13.5. The molecule has 7 aromatic carbocycles. The molecule has 272 valence electrons. The van der Waals surface area contributed by atoms with E-state index >= 15 is 0 Å². The number of pyridine rings is 1. The van der Waals surface area contributed by atoms with Crippen molar-refractivity contribution in [2.75, 3.05) is 0 Å². The molecule has 0 saturated heterocycles. The van der Waals surface area contributed by atoms with Crippen LogP contribution in [0.2, 0.25) is 0 Å². The molecule has 0 N–H and O–H groups in total. The summed E-state index contributed by atoms with van der Waals surface area (Å²) >= 11 is 0. The molecule has 0 unspecified atom stereocenters. The Morgan fingerprint density at radius 1 is 0.614 bits per heavy atom. The molecule has 3 heterocycles. The first kappa shape index (κ1) is 21.7. The van der Waals surface area contributed by atoms with Crippen molar-refractivity contribution in [2.45, 2.75) is 25.6 Å². The van der Waals surface area contributed by atoms with Crippen molar-refractivity contribution < 1.29 is 28.5 Å². The maximum Gasteiger partial charge on any atom is 0.269 e. The average molecular weight is 749 g/mol. The Labute approximate surface area is 351 Å². The van der Waals surface area contributed by atoms with Gasteiger partial charge in [0, 0.05) is 28.5 Å². The molecule has 0 saturated carbocycles. The van der Waals surface area contributed by atoms with Gasteiger partial charge in [-0.25, -0.2) is 4.98 Å². The highest BCUT2D eigenvalue weighted by Gasteiger charge is 2.21. The molecular weight excluding hydrogens is 697 g/mol. The van der Waals surface area contributed by atoms with Crippen LogP contribution in [0.3, 0.4) is 0 Å². The number of aryl methyl sites for hydroxylation is 2. The van der Waals surface area contributed by atoms with Gasteiger partial charge in [0.2, 0.25) is 0 Å². The fraction of sp³-hybridized carbons (Fsp3) is 0.0769. The SMILES string of the molecule is [2H]c1c([2H])c([2H])c(-c2cccc(-c3c([2H])c([2H])c([2H])c([2H])c3[2H])c2-[n+]2[c-]n(-c3cccc(Oc4ccc5c6ccccc6n(-c6cc7c(cn6)C([2H])([2H])CCC7([2H])[2H])c5c4)c3)c3ccccc32)c([2H])c1[2H]. The van der Waals surface area contributed by atoms with E-state index in [2.05, 4.69) is 6.33 Å². The van der Waals surface area contributed by atoms with Crippen LogP contribution in [0.5, 0.6) is 11.5 Å². The zero-order valence-corrected chi connectivity index (χ0v) is 30.2. The van der Waals surface area contributed by atoms with Gasteiger partial charge in [-0.3, -0.25) is 13.7 Å². The number of benzene rings is 7. The minimum atomic E-state index is -1.75. The lowest BCUT2D eigenvalue weighted by molar-refractivity contribution is -0.571. The summed E-state index contributed by atoms with van der Waals surface area (Å²) in [6.45, 7) is 0. The van der Waals surface area contributed by atoms with Crippen molar-refractivity contribution >= 4 is 32.8 Å². The number of hydrogen-bond donors (Lipinski definition) is 0. The predicted octanol–water partition coefficient (Wildman–Crippen LogP) is 12.2. The molecule has 0 fully saturated rings. The molecule has 0 aliphatic heterocycles.